The maximum Gasteiger partial charge on any atom is 0.0991 e. The van der Waals surface area contributed by atoms with Gasteiger partial charge < -0.3 is 4.57 Å². The fourth-order valence-electron chi connectivity index (χ4n) is 4.28. The lowest BCUT2D eigenvalue weighted by Gasteiger charge is -2.20. The number of aromatic nitrogens is 1. The number of rotatable bonds is 2. The third-order valence-electron chi connectivity index (χ3n) is 5.99. The van der Waals surface area contributed by atoms with Gasteiger partial charge in [0.05, 0.1) is 22.7 Å². The van der Waals surface area contributed by atoms with Gasteiger partial charge in [-0.1, -0.05) is 75.4 Å². The summed E-state index contributed by atoms with van der Waals surface area (Å²) >= 11 is 0. The molecule has 5 rings (SSSR count). The standard InChI is InChI=1S/C29H24N2/c1-29(2,3)23-8-6-7-21(17-23)22-13-16-26-25-9-4-5-10-27(25)31(28(26)18-22)24-14-11-20(19-30)12-15-24/h4-18H,1-3H3. The molecule has 0 atom stereocenters. The van der Waals surface area contributed by atoms with Gasteiger partial charge in [-0.3, -0.25) is 0 Å². The summed E-state index contributed by atoms with van der Waals surface area (Å²) in [6, 6.07) is 34.1. The van der Waals surface area contributed by atoms with Crippen LogP contribution in [0.25, 0.3) is 38.6 Å². The van der Waals surface area contributed by atoms with Crippen molar-refractivity contribution in [2.75, 3.05) is 0 Å². The normalized spacial score (nSPS) is 11.7. The zero-order chi connectivity index (χ0) is 21.6. The second-order valence-electron chi connectivity index (χ2n) is 9.07. The maximum atomic E-state index is 9.19. The molecule has 0 saturated carbocycles. The Hall–Kier alpha value is -3.83. The van der Waals surface area contributed by atoms with Crippen LogP contribution < -0.4 is 0 Å². The van der Waals surface area contributed by atoms with E-state index in [2.05, 4.69) is 98.1 Å². The molecule has 0 unspecified atom stereocenters. The predicted octanol–water partition coefficient (Wildman–Crippen LogP) is 7.62. The zero-order valence-corrected chi connectivity index (χ0v) is 18.1. The molecule has 0 aliphatic heterocycles. The lowest BCUT2D eigenvalue weighted by Crippen LogP contribution is -2.10. The van der Waals surface area contributed by atoms with E-state index >= 15 is 0 Å². The molecule has 0 fully saturated rings. The summed E-state index contributed by atoms with van der Waals surface area (Å²) in [5.41, 5.74) is 7.94. The second kappa shape index (κ2) is 7.15. The summed E-state index contributed by atoms with van der Waals surface area (Å²) in [5, 5.41) is 11.7. The summed E-state index contributed by atoms with van der Waals surface area (Å²) in [4.78, 5) is 0. The third kappa shape index (κ3) is 3.29. The van der Waals surface area contributed by atoms with Crippen LogP contribution in [0.4, 0.5) is 0 Å². The van der Waals surface area contributed by atoms with Crippen molar-refractivity contribution >= 4 is 21.8 Å². The molecule has 1 aromatic heterocycles. The van der Waals surface area contributed by atoms with Gasteiger partial charge in [0.2, 0.25) is 0 Å². The molecule has 5 aromatic rings. The van der Waals surface area contributed by atoms with E-state index < -0.39 is 0 Å². The van der Waals surface area contributed by atoms with Crippen LogP contribution in [0.1, 0.15) is 31.9 Å². The third-order valence-corrected chi connectivity index (χ3v) is 5.99. The number of hydrogen-bond donors (Lipinski definition) is 0. The molecule has 0 aliphatic carbocycles. The summed E-state index contributed by atoms with van der Waals surface area (Å²) in [6.07, 6.45) is 0. The van der Waals surface area contributed by atoms with Crippen molar-refractivity contribution in [1.29, 1.82) is 5.26 Å². The Labute approximate surface area is 183 Å². The van der Waals surface area contributed by atoms with Crippen molar-refractivity contribution in [2.45, 2.75) is 26.2 Å². The molecular formula is C29H24N2. The molecule has 0 amide bonds. The molecule has 150 valence electrons. The number of fused-ring (bicyclic) bond motifs is 3. The molecule has 31 heavy (non-hydrogen) atoms. The van der Waals surface area contributed by atoms with Gasteiger partial charge in [0.1, 0.15) is 0 Å². The molecule has 0 bridgehead atoms. The van der Waals surface area contributed by atoms with E-state index in [1.807, 2.05) is 24.3 Å². The van der Waals surface area contributed by atoms with Crippen LogP contribution in [0.2, 0.25) is 0 Å². The molecule has 4 aromatic carbocycles. The number of hydrogen-bond acceptors (Lipinski definition) is 1. The highest BCUT2D eigenvalue weighted by molar-refractivity contribution is 6.10. The van der Waals surface area contributed by atoms with E-state index in [0.29, 0.717) is 5.56 Å². The number of para-hydroxylation sites is 1. The van der Waals surface area contributed by atoms with Crippen molar-refractivity contribution in [1.82, 2.24) is 4.57 Å². The Balaban J connectivity index is 1.77. The number of nitrogens with zero attached hydrogens (tertiary/aromatic N) is 2. The Morgan fingerprint density at radius 1 is 0.677 bits per heavy atom. The number of benzene rings is 4. The highest BCUT2D eigenvalue weighted by atomic mass is 15.0. The molecule has 0 aliphatic rings. The van der Waals surface area contributed by atoms with Crippen LogP contribution in [-0.4, -0.2) is 4.57 Å². The smallest absolute Gasteiger partial charge is 0.0991 e. The van der Waals surface area contributed by atoms with Crippen molar-refractivity contribution in [2.24, 2.45) is 0 Å². The van der Waals surface area contributed by atoms with E-state index in [4.69, 9.17) is 0 Å². The minimum Gasteiger partial charge on any atom is -0.309 e. The second-order valence-corrected chi connectivity index (χ2v) is 9.07. The van der Waals surface area contributed by atoms with Crippen molar-refractivity contribution in [3.8, 4) is 22.9 Å². The molecule has 0 spiro atoms. The first-order valence-electron chi connectivity index (χ1n) is 10.6. The molecule has 0 N–H and O–H groups in total. The van der Waals surface area contributed by atoms with E-state index in [-0.39, 0.29) is 5.41 Å². The Morgan fingerprint density at radius 3 is 2.13 bits per heavy atom. The number of nitriles is 1. The summed E-state index contributed by atoms with van der Waals surface area (Å²) in [7, 11) is 0. The molecule has 0 radical (unpaired) electrons. The average molecular weight is 401 g/mol. The lowest BCUT2D eigenvalue weighted by molar-refractivity contribution is 0.590. The quantitative estimate of drug-likeness (QED) is 0.299. The Bertz CT molecular complexity index is 1460. The van der Waals surface area contributed by atoms with E-state index in [0.717, 1.165) is 5.69 Å². The molecule has 1 heterocycles. The minimum absolute atomic E-state index is 0.109. The first-order valence-corrected chi connectivity index (χ1v) is 10.6. The van der Waals surface area contributed by atoms with Crippen molar-refractivity contribution in [3.63, 3.8) is 0 Å². The van der Waals surface area contributed by atoms with Crippen LogP contribution in [-0.2, 0) is 5.41 Å². The first-order chi connectivity index (χ1) is 15.0. The van der Waals surface area contributed by atoms with E-state index in [1.165, 1.54) is 38.5 Å². The topological polar surface area (TPSA) is 28.7 Å². The van der Waals surface area contributed by atoms with Crippen LogP contribution in [0.3, 0.4) is 0 Å². The summed E-state index contributed by atoms with van der Waals surface area (Å²) in [6.45, 7) is 6.74. The van der Waals surface area contributed by atoms with E-state index in [9.17, 15) is 5.26 Å². The first kappa shape index (κ1) is 19.2. The molecular weight excluding hydrogens is 376 g/mol. The van der Waals surface area contributed by atoms with Crippen LogP contribution >= 0.6 is 0 Å². The zero-order valence-electron chi connectivity index (χ0n) is 18.1. The van der Waals surface area contributed by atoms with Gasteiger partial charge in [0.15, 0.2) is 0 Å². The van der Waals surface area contributed by atoms with Gasteiger partial charge >= 0.3 is 0 Å². The minimum atomic E-state index is 0.109. The van der Waals surface area contributed by atoms with Crippen molar-refractivity contribution < 1.29 is 0 Å². The largest absolute Gasteiger partial charge is 0.309 e. The fraction of sp³-hybridized carbons (Fsp3) is 0.138. The fourth-order valence-corrected chi connectivity index (χ4v) is 4.28. The van der Waals surface area contributed by atoms with Crippen molar-refractivity contribution in [3.05, 3.63) is 102 Å². The van der Waals surface area contributed by atoms with Gasteiger partial charge in [0.25, 0.3) is 0 Å². The Kier molecular flexibility index (Phi) is 4.41. The predicted molar refractivity (Wildman–Crippen MR) is 130 cm³/mol. The Morgan fingerprint density at radius 2 is 1.39 bits per heavy atom. The molecule has 2 nitrogen and oxygen atoms in total. The van der Waals surface area contributed by atoms with Crippen LogP contribution in [0.15, 0.2) is 91.0 Å². The summed E-state index contributed by atoms with van der Waals surface area (Å²) < 4.78 is 2.29. The van der Waals surface area contributed by atoms with E-state index in [1.54, 1.807) is 0 Å². The maximum absolute atomic E-state index is 9.19. The monoisotopic (exact) mass is 400 g/mol. The van der Waals surface area contributed by atoms with Gasteiger partial charge in [-0.15, -0.1) is 0 Å². The van der Waals surface area contributed by atoms with Crippen LogP contribution in [0, 0.1) is 11.3 Å². The van der Waals surface area contributed by atoms with Crippen LogP contribution in [0.5, 0.6) is 0 Å². The van der Waals surface area contributed by atoms with Gasteiger partial charge in [-0.05, 0) is 58.5 Å². The highest BCUT2D eigenvalue weighted by Gasteiger charge is 2.16. The van der Waals surface area contributed by atoms with Gasteiger partial charge in [0, 0.05) is 16.5 Å². The molecule has 2 heteroatoms. The molecule has 0 saturated heterocycles. The van der Waals surface area contributed by atoms with Gasteiger partial charge in [-0.25, -0.2) is 0 Å². The van der Waals surface area contributed by atoms with Gasteiger partial charge in [-0.2, -0.15) is 5.26 Å². The summed E-state index contributed by atoms with van der Waals surface area (Å²) in [5.74, 6) is 0. The lowest BCUT2D eigenvalue weighted by atomic mass is 9.85. The average Bonchev–Trinajstić information content (AvgIpc) is 3.12. The SMILES string of the molecule is CC(C)(C)c1cccc(-c2ccc3c4ccccc4n(-c4ccc(C#N)cc4)c3c2)c1. The highest BCUT2D eigenvalue weighted by Crippen LogP contribution is 2.35.